The van der Waals surface area contributed by atoms with Crippen molar-refractivity contribution in [3.8, 4) is 0 Å². The van der Waals surface area contributed by atoms with Crippen LogP contribution in [0, 0.1) is 5.92 Å². The van der Waals surface area contributed by atoms with E-state index in [1.807, 2.05) is 0 Å². The van der Waals surface area contributed by atoms with E-state index in [-0.39, 0.29) is 12.6 Å². The fourth-order valence-electron chi connectivity index (χ4n) is 2.78. The summed E-state index contributed by atoms with van der Waals surface area (Å²) in [6.45, 7) is 4.39. The second-order valence-electron chi connectivity index (χ2n) is 5.21. The molecule has 0 bridgehead atoms. The lowest BCUT2D eigenvalue weighted by molar-refractivity contribution is 0.178. The lowest BCUT2D eigenvalue weighted by Crippen LogP contribution is -2.35. The van der Waals surface area contributed by atoms with Crippen molar-refractivity contribution in [1.82, 2.24) is 15.2 Å². The van der Waals surface area contributed by atoms with E-state index in [1.54, 1.807) is 0 Å². The van der Waals surface area contributed by atoms with Gasteiger partial charge in [-0.15, -0.1) is 5.10 Å². The molecule has 0 saturated heterocycles. The van der Waals surface area contributed by atoms with E-state index in [2.05, 4.69) is 34.3 Å². The smallest absolute Gasteiger partial charge is 0.243 e. The third-order valence-corrected chi connectivity index (χ3v) is 3.97. The van der Waals surface area contributed by atoms with Crippen LogP contribution in [0.25, 0.3) is 0 Å². The highest BCUT2D eigenvalue weighted by atomic mass is 16.3. The minimum atomic E-state index is 0.235. The lowest BCUT2D eigenvalue weighted by atomic mass is 9.85. The molecular weight excluding hydrogens is 240 g/mol. The molecule has 19 heavy (non-hydrogen) atoms. The second kappa shape index (κ2) is 6.80. The van der Waals surface area contributed by atoms with Gasteiger partial charge in [0.1, 0.15) is 0 Å². The van der Waals surface area contributed by atoms with Gasteiger partial charge >= 0.3 is 0 Å². The van der Waals surface area contributed by atoms with Gasteiger partial charge in [0, 0.05) is 18.6 Å². The van der Waals surface area contributed by atoms with Crippen LogP contribution in [0.4, 0.5) is 5.95 Å². The molecule has 1 aromatic rings. The summed E-state index contributed by atoms with van der Waals surface area (Å²) in [7, 11) is 0. The molecule has 0 aromatic carbocycles. The number of aromatic nitrogens is 3. The van der Waals surface area contributed by atoms with Crippen LogP contribution in [0.1, 0.15) is 50.9 Å². The Labute approximate surface area is 114 Å². The van der Waals surface area contributed by atoms with Crippen molar-refractivity contribution >= 4 is 5.95 Å². The Morgan fingerprint density at radius 2 is 1.84 bits per heavy atom. The van der Waals surface area contributed by atoms with E-state index >= 15 is 0 Å². The first-order valence-electron chi connectivity index (χ1n) is 7.38. The van der Waals surface area contributed by atoms with Gasteiger partial charge in [-0.05, 0) is 25.7 Å². The minimum Gasteiger partial charge on any atom is -0.396 e. The van der Waals surface area contributed by atoms with Crippen LogP contribution < -0.4 is 5.32 Å². The van der Waals surface area contributed by atoms with Crippen LogP contribution in [-0.2, 0) is 12.8 Å². The average Bonchev–Trinajstić information content (AvgIpc) is 2.47. The van der Waals surface area contributed by atoms with E-state index in [0.717, 1.165) is 37.1 Å². The van der Waals surface area contributed by atoms with Crippen molar-refractivity contribution in [3.05, 3.63) is 11.4 Å². The molecule has 1 fully saturated rings. The molecule has 0 unspecified atom stereocenters. The van der Waals surface area contributed by atoms with Crippen molar-refractivity contribution in [2.75, 3.05) is 11.9 Å². The minimum absolute atomic E-state index is 0.235. The van der Waals surface area contributed by atoms with Gasteiger partial charge in [-0.1, -0.05) is 26.7 Å². The molecule has 0 radical (unpaired) electrons. The number of hydrogen-bond donors (Lipinski definition) is 2. The van der Waals surface area contributed by atoms with E-state index < -0.39 is 0 Å². The third-order valence-electron chi connectivity index (χ3n) is 3.97. The number of hydrogen-bond acceptors (Lipinski definition) is 5. The summed E-state index contributed by atoms with van der Waals surface area (Å²) in [5.41, 5.74) is 2.01. The van der Waals surface area contributed by atoms with Crippen molar-refractivity contribution in [2.24, 2.45) is 5.92 Å². The number of nitrogens with one attached hydrogen (secondary N) is 1. The highest BCUT2D eigenvalue weighted by Crippen LogP contribution is 2.26. The van der Waals surface area contributed by atoms with Crippen LogP contribution in [0.15, 0.2) is 0 Å². The fourth-order valence-corrected chi connectivity index (χ4v) is 2.78. The van der Waals surface area contributed by atoms with Crippen LogP contribution in [0.5, 0.6) is 0 Å². The zero-order valence-electron chi connectivity index (χ0n) is 11.9. The first kappa shape index (κ1) is 14.2. The van der Waals surface area contributed by atoms with Crippen molar-refractivity contribution < 1.29 is 5.11 Å². The van der Waals surface area contributed by atoms with Crippen molar-refractivity contribution in [3.63, 3.8) is 0 Å². The second-order valence-corrected chi connectivity index (χ2v) is 5.21. The molecule has 1 aliphatic carbocycles. The molecular formula is C14H24N4O. The monoisotopic (exact) mass is 264 g/mol. The molecule has 5 nitrogen and oxygen atoms in total. The number of aliphatic hydroxyl groups excluding tert-OH is 1. The summed E-state index contributed by atoms with van der Waals surface area (Å²) >= 11 is 0. The number of aliphatic hydroxyl groups is 1. The molecule has 2 atom stereocenters. The van der Waals surface area contributed by atoms with Crippen LogP contribution in [0.2, 0.25) is 0 Å². The van der Waals surface area contributed by atoms with Gasteiger partial charge in [0.15, 0.2) is 0 Å². The number of anilines is 1. The molecule has 2 N–H and O–H groups in total. The zero-order chi connectivity index (χ0) is 13.7. The SMILES string of the molecule is CCc1nnc(N[C@@H]2CCCC[C@@H]2CO)nc1CC. The van der Waals surface area contributed by atoms with E-state index in [0.29, 0.717) is 11.9 Å². The van der Waals surface area contributed by atoms with Gasteiger partial charge < -0.3 is 10.4 Å². The third kappa shape index (κ3) is 3.41. The molecule has 0 aliphatic heterocycles. The molecule has 1 saturated carbocycles. The average molecular weight is 264 g/mol. The van der Waals surface area contributed by atoms with Crippen molar-refractivity contribution in [2.45, 2.75) is 58.4 Å². The summed E-state index contributed by atoms with van der Waals surface area (Å²) < 4.78 is 0. The van der Waals surface area contributed by atoms with Gasteiger partial charge in [0.05, 0.1) is 11.4 Å². The summed E-state index contributed by atoms with van der Waals surface area (Å²) in [5.74, 6) is 0.924. The Kier molecular flexibility index (Phi) is 5.07. The Bertz CT molecular complexity index is 410. The Morgan fingerprint density at radius 3 is 2.53 bits per heavy atom. The normalized spacial score (nSPS) is 23.3. The molecule has 1 heterocycles. The summed E-state index contributed by atoms with van der Waals surface area (Å²) in [6, 6.07) is 0.276. The van der Waals surface area contributed by atoms with Crippen LogP contribution >= 0.6 is 0 Å². The van der Waals surface area contributed by atoms with Gasteiger partial charge in [-0.25, -0.2) is 4.98 Å². The number of rotatable bonds is 5. The fraction of sp³-hybridized carbons (Fsp3) is 0.786. The lowest BCUT2D eigenvalue weighted by Gasteiger charge is -2.30. The molecule has 2 rings (SSSR count). The summed E-state index contributed by atoms with van der Waals surface area (Å²) in [5, 5.41) is 21.2. The van der Waals surface area contributed by atoms with Crippen molar-refractivity contribution in [1.29, 1.82) is 0 Å². The molecule has 106 valence electrons. The maximum absolute atomic E-state index is 9.43. The highest BCUT2D eigenvalue weighted by Gasteiger charge is 2.25. The predicted molar refractivity (Wildman–Crippen MR) is 75.0 cm³/mol. The van der Waals surface area contributed by atoms with E-state index in [4.69, 9.17) is 0 Å². The van der Waals surface area contributed by atoms with E-state index in [1.165, 1.54) is 12.8 Å². The quantitative estimate of drug-likeness (QED) is 0.850. The molecule has 0 spiro atoms. The van der Waals surface area contributed by atoms with Gasteiger partial charge in [0.2, 0.25) is 5.95 Å². The number of aryl methyl sites for hydroxylation is 2. The number of nitrogens with zero attached hydrogens (tertiary/aromatic N) is 3. The van der Waals surface area contributed by atoms with Crippen LogP contribution in [-0.4, -0.2) is 32.9 Å². The van der Waals surface area contributed by atoms with Gasteiger partial charge in [-0.3, -0.25) is 0 Å². The first-order chi connectivity index (χ1) is 9.28. The van der Waals surface area contributed by atoms with Crippen LogP contribution in [0.3, 0.4) is 0 Å². The molecule has 1 aromatic heterocycles. The Morgan fingerprint density at radius 1 is 1.11 bits per heavy atom. The molecule has 1 aliphatic rings. The van der Waals surface area contributed by atoms with Gasteiger partial charge in [0.25, 0.3) is 0 Å². The summed E-state index contributed by atoms with van der Waals surface area (Å²) in [6.07, 6.45) is 6.31. The highest BCUT2D eigenvalue weighted by molar-refractivity contribution is 5.27. The standard InChI is InChI=1S/C14H24N4O/c1-3-11-12(4-2)17-18-14(15-11)16-13-8-6-5-7-10(13)9-19/h10,13,19H,3-9H2,1-2H3,(H,15,16,18)/t10-,13-/m1/s1. The predicted octanol–water partition coefficient (Wildman–Crippen LogP) is 1.96. The van der Waals surface area contributed by atoms with Gasteiger partial charge in [-0.2, -0.15) is 5.10 Å². The zero-order valence-corrected chi connectivity index (χ0v) is 11.9. The maximum Gasteiger partial charge on any atom is 0.243 e. The summed E-state index contributed by atoms with van der Waals surface area (Å²) in [4.78, 5) is 4.56. The Hall–Kier alpha value is -1.23. The molecule has 0 amide bonds. The van der Waals surface area contributed by atoms with E-state index in [9.17, 15) is 5.11 Å². The topological polar surface area (TPSA) is 70.9 Å². The maximum atomic E-state index is 9.43. The Balaban J connectivity index is 2.09. The molecule has 5 heteroatoms. The largest absolute Gasteiger partial charge is 0.396 e. The first-order valence-corrected chi connectivity index (χ1v) is 7.38.